The van der Waals surface area contributed by atoms with Crippen molar-refractivity contribution in [3.8, 4) is 10.4 Å². The molecule has 19 heteroatoms. The van der Waals surface area contributed by atoms with Gasteiger partial charge < -0.3 is 36.0 Å². The van der Waals surface area contributed by atoms with Gasteiger partial charge in [0, 0.05) is 86.5 Å². The lowest BCUT2D eigenvalue weighted by Gasteiger charge is -2.36. The van der Waals surface area contributed by atoms with Gasteiger partial charge in [-0.3, -0.25) is 19.2 Å². The van der Waals surface area contributed by atoms with Crippen molar-refractivity contribution < 1.29 is 27.6 Å². The Kier molecular flexibility index (Phi) is 15.9. The van der Waals surface area contributed by atoms with Gasteiger partial charge >= 0.3 is 0 Å². The summed E-state index contributed by atoms with van der Waals surface area (Å²) in [7, 11) is -3.73. The summed E-state index contributed by atoms with van der Waals surface area (Å²) in [6.45, 7) is 17.8. The van der Waals surface area contributed by atoms with Gasteiger partial charge in [0.1, 0.15) is 17.9 Å². The van der Waals surface area contributed by atoms with E-state index in [2.05, 4.69) is 45.8 Å². The quantitative estimate of drug-likeness (QED) is 0.0674. The first-order chi connectivity index (χ1) is 33.1. The van der Waals surface area contributed by atoms with Gasteiger partial charge in [0.15, 0.2) is 0 Å². The number of carbonyl (C=O) groups excluding carboxylic acids is 4. The largest absolute Gasteiger partial charge is 0.368 e. The van der Waals surface area contributed by atoms with Gasteiger partial charge in [-0.1, -0.05) is 51.1 Å². The summed E-state index contributed by atoms with van der Waals surface area (Å²) in [6, 6.07) is 20.9. The van der Waals surface area contributed by atoms with Crippen molar-refractivity contribution in [1.29, 1.82) is 0 Å². The lowest BCUT2D eigenvalue weighted by atomic mass is 9.85. The zero-order chi connectivity index (χ0) is 50.4. The second-order valence-corrected chi connectivity index (χ2v) is 22.5. The summed E-state index contributed by atoms with van der Waals surface area (Å²) >= 11 is 1.59. The fraction of sp³-hybridized carbons (Fsp3) is 0.431. The van der Waals surface area contributed by atoms with Crippen molar-refractivity contribution in [2.24, 2.45) is 5.41 Å². The third-order valence-corrected chi connectivity index (χ3v) is 14.9. The van der Waals surface area contributed by atoms with Crippen LogP contribution in [-0.4, -0.2) is 107 Å². The number of nitrogens with one attached hydrogen (secondary N) is 5. The first kappa shape index (κ1) is 51.4. The van der Waals surface area contributed by atoms with Gasteiger partial charge in [0.2, 0.25) is 39.6 Å². The lowest BCUT2D eigenvalue weighted by Crippen LogP contribution is -2.57. The van der Waals surface area contributed by atoms with Gasteiger partial charge in [-0.2, -0.15) is 4.98 Å². The van der Waals surface area contributed by atoms with Crippen LogP contribution in [0, 0.1) is 19.3 Å². The molecule has 4 heterocycles. The molecule has 372 valence electrons. The average Bonchev–Trinajstić information content (AvgIpc) is 3.99. The Morgan fingerprint density at radius 2 is 1.54 bits per heavy atom. The van der Waals surface area contributed by atoms with Crippen LogP contribution in [-0.2, 0) is 35.7 Å². The molecule has 2 fully saturated rings. The van der Waals surface area contributed by atoms with Crippen LogP contribution in [0.15, 0.2) is 89.4 Å². The SMILES string of the molecule is Cc1cnc(Nc2ccc(N3CCN(C(=O)CCC(=O)NC(C(=O)N4CCCC4C(=O)NCc4ccc(-c5scnc5C)cc4)C(C)(C)C)CC3)cc2)nc1Nc1cccc(S(=O)(=O)NC(C)(C)C)c1. The molecular formula is C51H65N11O6S2. The van der Waals surface area contributed by atoms with E-state index in [-0.39, 0.29) is 41.4 Å². The van der Waals surface area contributed by atoms with E-state index in [4.69, 9.17) is 0 Å². The number of nitrogens with zero attached hydrogens (tertiary/aromatic N) is 6. The maximum Gasteiger partial charge on any atom is 0.246 e. The van der Waals surface area contributed by atoms with Crippen LogP contribution in [0.2, 0.25) is 0 Å². The number of anilines is 5. The molecule has 2 saturated heterocycles. The fourth-order valence-corrected chi connectivity index (χ4v) is 10.7. The zero-order valence-electron chi connectivity index (χ0n) is 41.3. The molecule has 5 aromatic rings. The Morgan fingerprint density at radius 3 is 2.20 bits per heavy atom. The Morgan fingerprint density at radius 1 is 0.829 bits per heavy atom. The average molecular weight is 992 g/mol. The molecule has 5 N–H and O–H groups in total. The highest BCUT2D eigenvalue weighted by Gasteiger charge is 2.42. The van der Waals surface area contributed by atoms with E-state index in [9.17, 15) is 27.6 Å². The monoisotopic (exact) mass is 991 g/mol. The first-order valence-electron chi connectivity index (χ1n) is 23.6. The number of aryl methyl sites for hydroxylation is 2. The number of hydrogen-bond donors (Lipinski definition) is 5. The number of amides is 4. The molecule has 4 amide bonds. The minimum Gasteiger partial charge on any atom is -0.368 e. The molecule has 0 aliphatic carbocycles. The van der Waals surface area contributed by atoms with E-state index in [0.717, 1.165) is 38.6 Å². The van der Waals surface area contributed by atoms with Crippen molar-refractivity contribution in [2.75, 3.05) is 48.3 Å². The van der Waals surface area contributed by atoms with Crippen molar-refractivity contribution in [3.63, 3.8) is 0 Å². The number of aromatic nitrogens is 3. The highest BCUT2D eigenvalue weighted by Crippen LogP contribution is 2.30. The van der Waals surface area contributed by atoms with E-state index < -0.39 is 33.1 Å². The molecule has 0 bridgehead atoms. The van der Waals surface area contributed by atoms with Crippen molar-refractivity contribution in [1.82, 2.24) is 40.1 Å². The van der Waals surface area contributed by atoms with Crippen molar-refractivity contribution in [2.45, 2.75) is 110 Å². The minimum atomic E-state index is -3.73. The predicted molar refractivity (Wildman–Crippen MR) is 275 cm³/mol. The van der Waals surface area contributed by atoms with Crippen LogP contribution in [0.4, 0.5) is 28.8 Å². The maximum atomic E-state index is 14.1. The molecule has 2 aromatic heterocycles. The Hall–Kier alpha value is -6.44. The Bertz CT molecular complexity index is 2780. The van der Waals surface area contributed by atoms with Gasteiger partial charge in [0.25, 0.3) is 0 Å². The summed E-state index contributed by atoms with van der Waals surface area (Å²) < 4.78 is 28.6. The molecule has 3 aromatic carbocycles. The summed E-state index contributed by atoms with van der Waals surface area (Å²) in [6.07, 6.45) is 2.85. The third kappa shape index (κ3) is 13.2. The number of thiazole rings is 1. The molecule has 2 aliphatic rings. The van der Waals surface area contributed by atoms with Crippen LogP contribution < -0.4 is 30.9 Å². The number of carbonyl (C=O) groups is 4. The van der Waals surface area contributed by atoms with Crippen molar-refractivity contribution in [3.05, 3.63) is 101 Å². The standard InChI is InChI=1S/C51H65N11O6S2/c1-33-30-53-49(58-46(33)55-38-11-9-12-40(29-38)70(67,68)59-51(6,7)8)56-37-18-20-39(21-19-37)60-25-27-61(28-26-60)43(64)23-22-42(63)57-45(50(3,4)5)48(66)62-24-10-13-41(62)47(65)52-31-35-14-16-36(17-15-35)44-34(2)54-32-69-44/h9,11-12,14-21,29-30,32,41,45,59H,10,13,22-28,31H2,1-8H3,(H,52,65)(H,57,63)(H2,53,55,56,58). The van der Waals surface area contributed by atoms with E-state index in [1.54, 1.807) is 72.4 Å². The van der Waals surface area contributed by atoms with Gasteiger partial charge in [0.05, 0.1) is 21.0 Å². The normalized spacial score (nSPS) is 15.9. The number of likely N-dealkylation sites (tertiary alicyclic amines) is 1. The number of piperazine rings is 1. The van der Waals surface area contributed by atoms with Gasteiger partial charge in [-0.25, -0.2) is 23.1 Å². The van der Waals surface area contributed by atoms with Crippen molar-refractivity contribution >= 4 is 73.8 Å². The summed E-state index contributed by atoms with van der Waals surface area (Å²) in [5.74, 6) is -0.157. The van der Waals surface area contributed by atoms with Crippen LogP contribution in [0.25, 0.3) is 10.4 Å². The zero-order valence-corrected chi connectivity index (χ0v) is 42.9. The molecule has 0 saturated carbocycles. The molecule has 0 spiro atoms. The summed E-state index contributed by atoms with van der Waals surface area (Å²) in [4.78, 5) is 74.5. The van der Waals surface area contributed by atoms with E-state index in [1.807, 2.05) is 88.7 Å². The molecule has 70 heavy (non-hydrogen) atoms. The highest BCUT2D eigenvalue weighted by atomic mass is 32.2. The fourth-order valence-electron chi connectivity index (χ4n) is 8.46. The maximum absolute atomic E-state index is 14.1. The summed E-state index contributed by atoms with van der Waals surface area (Å²) in [5, 5.41) is 12.4. The van der Waals surface area contributed by atoms with E-state index >= 15 is 0 Å². The van der Waals surface area contributed by atoms with Gasteiger partial charge in [-0.15, -0.1) is 11.3 Å². The number of rotatable bonds is 16. The molecule has 7 rings (SSSR count). The smallest absolute Gasteiger partial charge is 0.246 e. The Balaban J connectivity index is 0.858. The Labute approximate surface area is 415 Å². The second kappa shape index (κ2) is 21.7. The lowest BCUT2D eigenvalue weighted by molar-refractivity contribution is -0.144. The predicted octanol–water partition coefficient (Wildman–Crippen LogP) is 7.05. The summed E-state index contributed by atoms with van der Waals surface area (Å²) in [5.41, 5.74) is 6.64. The second-order valence-electron chi connectivity index (χ2n) is 20.0. The minimum absolute atomic E-state index is 0.0122. The number of hydrogen-bond acceptors (Lipinski definition) is 13. The molecule has 0 radical (unpaired) electrons. The van der Waals surface area contributed by atoms with Crippen LogP contribution in [0.3, 0.4) is 0 Å². The van der Waals surface area contributed by atoms with E-state index in [1.165, 1.54) is 0 Å². The topological polar surface area (TPSA) is 211 Å². The number of benzene rings is 3. The molecular weight excluding hydrogens is 927 g/mol. The van der Waals surface area contributed by atoms with Crippen LogP contribution in [0.1, 0.15) is 84.0 Å². The van der Waals surface area contributed by atoms with Crippen LogP contribution in [0.5, 0.6) is 0 Å². The molecule has 2 aliphatic heterocycles. The highest BCUT2D eigenvalue weighted by molar-refractivity contribution is 7.89. The number of sulfonamides is 1. The first-order valence-corrected chi connectivity index (χ1v) is 26.0. The third-order valence-electron chi connectivity index (χ3n) is 12.2. The van der Waals surface area contributed by atoms with E-state index in [0.29, 0.717) is 69.6 Å². The molecule has 17 nitrogen and oxygen atoms in total. The molecule has 2 unspecified atom stereocenters. The van der Waals surface area contributed by atoms with Gasteiger partial charge in [-0.05, 0) is 106 Å². The molecule has 2 atom stereocenters. The van der Waals surface area contributed by atoms with Crippen LogP contribution >= 0.6 is 11.3 Å².